The van der Waals surface area contributed by atoms with Gasteiger partial charge in [-0.15, -0.1) is 0 Å². The summed E-state index contributed by atoms with van der Waals surface area (Å²) in [5.41, 5.74) is 11.0. The first-order chi connectivity index (χ1) is 8.43. The van der Waals surface area contributed by atoms with Crippen LogP contribution in [0.15, 0.2) is 22.7 Å². The zero-order valence-corrected chi connectivity index (χ0v) is 11.4. The lowest BCUT2D eigenvalue weighted by Crippen LogP contribution is -2.39. The highest BCUT2D eigenvalue weighted by Crippen LogP contribution is 2.27. The van der Waals surface area contributed by atoms with Gasteiger partial charge in [-0.3, -0.25) is 9.59 Å². The average Bonchev–Trinajstić information content (AvgIpc) is 2.28. The summed E-state index contributed by atoms with van der Waals surface area (Å²) in [5.74, 6) is -0.623. The minimum atomic E-state index is -0.980. The molecule has 0 saturated heterocycles. The number of amides is 2. The molecule has 1 aromatic rings. The number of carbonyl (C=O) groups is 2. The Balaban J connectivity index is 2.80. The molecule has 1 rings (SSSR count). The molecule has 6 nitrogen and oxygen atoms in total. The largest absolute Gasteiger partial charge is 0.495 e. The van der Waals surface area contributed by atoms with Gasteiger partial charge < -0.3 is 21.5 Å². The molecule has 0 bridgehead atoms. The van der Waals surface area contributed by atoms with Crippen LogP contribution >= 0.6 is 15.9 Å². The van der Waals surface area contributed by atoms with Gasteiger partial charge in [0.2, 0.25) is 11.8 Å². The van der Waals surface area contributed by atoms with E-state index in [9.17, 15) is 9.59 Å². The molecule has 0 aliphatic heterocycles. The Kier molecular flexibility index (Phi) is 5.11. The Bertz CT molecular complexity index is 465. The maximum Gasteiger partial charge on any atom is 0.241 e. The molecule has 0 aliphatic carbocycles. The Hall–Kier alpha value is -1.60. The standard InChI is InChI=1S/C11H14BrN3O3/c1-18-9-3-2-6(12)4-8(9)15-11(17)7(13)5-10(14)16/h2-4,7H,5,13H2,1H3,(H2,14,16)(H,15,17). The van der Waals surface area contributed by atoms with Crippen molar-refractivity contribution >= 4 is 33.4 Å². The van der Waals surface area contributed by atoms with E-state index in [-0.39, 0.29) is 6.42 Å². The molecule has 7 heteroatoms. The molecule has 0 spiro atoms. The number of primary amides is 1. The molecular weight excluding hydrogens is 302 g/mol. The highest BCUT2D eigenvalue weighted by Gasteiger charge is 2.17. The number of ether oxygens (including phenoxy) is 1. The van der Waals surface area contributed by atoms with Gasteiger partial charge in [-0.05, 0) is 18.2 Å². The normalized spacial score (nSPS) is 11.7. The van der Waals surface area contributed by atoms with Gasteiger partial charge in [0.25, 0.3) is 0 Å². The number of carbonyl (C=O) groups excluding carboxylic acids is 2. The van der Waals surface area contributed by atoms with Gasteiger partial charge in [0, 0.05) is 4.47 Å². The molecule has 0 heterocycles. The van der Waals surface area contributed by atoms with Crippen LogP contribution in [0.1, 0.15) is 6.42 Å². The number of halogens is 1. The van der Waals surface area contributed by atoms with E-state index >= 15 is 0 Å². The van der Waals surface area contributed by atoms with Crippen LogP contribution in [-0.4, -0.2) is 25.0 Å². The zero-order chi connectivity index (χ0) is 13.7. The average molecular weight is 316 g/mol. The van der Waals surface area contributed by atoms with Crippen molar-refractivity contribution in [2.45, 2.75) is 12.5 Å². The van der Waals surface area contributed by atoms with Gasteiger partial charge >= 0.3 is 0 Å². The van der Waals surface area contributed by atoms with E-state index in [0.29, 0.717) is 11.4 Å². The number of anilines is 1. The van der Waals surface area contributed by atoms with Crippen molar-refractivity contribution in [2.24, 2.45) is 11.5 Å². The first-order valence-corrected chi connectivity index (χ1v) is 5.91. The summed E-state index contributed by atoms with van der Waals surface area (Å²) < 4.78 is 5.87. The third kappa shape index (κ3) is 4.01. The van der Waals surface area contributed by atoms with Gasteiger partial charge in [-0.25, -0.2) is 0 Å². The summed E-state index contributed by atoms with van der Waals surface area (Å²) in [6.07, 6.45) is -0.206. The smallest absolute Gasteiger partial charge is 0.241 e. The lowest BCUT2D eigenvalue weighted by atomic mass is 10.2. The maximum absolute atomic E-state index is 11.7. The van der Waals surface area contributed by atoms with Crippen molar-refractivity contribution < 1.29 is 14.3 Å². The molecule has 0 aromatic heterocycles. The number of nitrogens with one attached hydrogen (secondary N) is 1. The van der Waals surface area contributed by atoms with Gasteiger partial charge in [-0.1, -0.05) is 15.9 Å². The number of methoxy groups -OCH3 is 1. The van der Waals surface area contributed by atoms with Gasteiger partial charge in [-0.2, -0.15) is 0 Å². The zero-order valence-electron chi connectivity index (χ0n) is 9.77. The van der Waals surface area contributed by atoms with Crippen molar-refractivity contribution in [2.75, 3.05) is 12.4 Å². The maximum atomic E-state index is 11.7. The molecule has 1 atom stereocenters. The molecule has 5 N–H and O–H groups in total. The molecule has 0 radical (unpaired) electrons. The van der Waals surface area contributed by atoms with E-state index in [1.165, 1.54) is 7.11 Å². The summed E-state index contributed by atoms with van der Waals surface area (Å²) in [6, 6.07) is 4.16. The minimum Gasteiger partial charge on any atom is -0.495 e. The summed E-state index contributed by atoms with van der Waals surface area (Å²) in [5, 5.41) is 2.58. The third-order valence-electron chi connectivity index (χ3n) is 2.18. The van der Waals surface area contributed by atoms with E-state index < -0.39 is 17.9 Å². The number of nitrogens with two attached hydrogens (primary N) is 2. The van der Waals surface area contributed by atoms with Crippen molar-refractivity contribution in [1.82, 2.24) is 0 Å². The van der Waals surface area contributed by atoms with E-state index in [0.717, 1.165) is 4.47 Å². The first kappa shape index (κ1) is 14.5. The number of hydrogen-bond acceptors (Lipinski definition) is 4. The fraction of sp³-hybridized carbons (Fsp3) is 0.273. The highest BCUT2D eigenvalue weighted by atomic mass is 79.9. The quantitative estimate of drug-likeness (QED) is 0.739. The molecule has 98 valence electrons. The molecule has 0 saturated carbocycles. The topological polar surface area (TPSA) is 107 Å². The minimum absolute atomic E-state index is 0.206. The van der Waals surface area contributed by atoms with Crippen LogP contribution in [-0.2, 0) is 9.59 Å². The molecule has 2 amide bonds. The first-order valence-electron chi connectivity index (χ1n) is 5.12. The molecule has 1 unspecified atom stereocenters. The van der Waals surface area contributed by atoms with Crippen molar-refractivity contribution in [3.05, 3.63) is 22.7 Å². The second-order valence-electron chi connectivity index (χ2n) is 3.61. The lowest BCUT2D eigenvalue weighted by molar-refractivity contribution is -0.123. The van der Waals surface area contributed by atoms with E-state index in [1.807, 2.05) is 0 Å². The van der Waals surface area contributed by atoms with Crippen molar-refractivity contribution in [3.8, 4) is 5.75 Å². The second-order valence-corrected chi connectivity index (χ2v) is 4.53. The summed E-state index contributed by atoms with van der Waals surface area (Å²) >= 11 is 3.28. The molecule has 0 aliphatic rings. The van der Waals surface area contributed by atoms with Crippen molar-refractivity contribution in [1.29, 1.82) is 0 Å². The van der Waals surface area contributed by atoms with Crippen LogP contribution in [0.25, 0.3) is 0 Å². The Morgan fingerprint density at radius 1 is 1.50 bits per heavy atom. The van der Waals surface area contributed by atoms with Gasteiger partial charge in [0.15, 0.2) is 0 Å². The van der Waals surface area contributed by atoms with Crippen molar-refractivity contribution in [3.63, 3.8) is 0 Å². The van der Waals surface area contributed by atoms with Gasteiger partial charge in [0.05, 0.1) is 25.3 Å². The van der Waals surface area contributed by atoms with Crippen LogP contribution in [0.4, 0.5) is 5.69 Å². The van der Waals surface area contributed by atoms with Crippen LogP contribution in [0.2, 0.25) is 0 Å². The van der Waals surface area contributed by atoms with Crippen LogP contribution < -0.4 is 21.5 Å². The lowest BCUT2D eigenvalue weighted by Gasteiger charge is -2.13. The predicted octanol–water partition coefficient (Wildman–Crippen LogP) is 0.599. The molecule has 1 aromatic carbocycles. The van der Waals surface area contributed by atoms with E-state index in [4.69, 9.17) is 16.2 Å². The number of rotatable bonds is 5. The fourth-order valence-electron chi connectivity index (χ4n) is 1.31. The van der Waals surface area contributed by atoms with E-state index in [1.54, 1.807) is 18.2 Å². The summed E-state index contributed by atoms with van der Waals surface area (Å²) in [4.78, 5) is 22.4. The fourth-order valence-corrected chi connectivity index (χ4v) is 1.67. The Labute approximate surface area is 113 Å². The van der Waals surface area contributed by atoms with Gasteiger partial charge in [0.1, 0.15) is 5.75 Å². The van der Waals surface area contributed by atoms with E-state index in [2.05, 4.69) is 21.2 Å². The predicted molar refractivity (Wildman–Crippen MR) is 71.1 cm³/mol. The number of benzene rings is 1. The summed E-state index contributed by atoms with van der Waals surface area (Å²) in [7, 11) is 1.49. The third-order valence-corrected chi connectivity index (χ3v) is 2.67. The van der Waals surface area contributed by atoms with Crippen LogP contribution in [0.3, 0.4) is 0 Å². The highest BCUT2D eigenvalue weighted by molar-refractivity contribution is 9.10. The Morgan fingerprint density at radius 3 is 2.72 bits per heavy atom. The SMILES string of the molecule is COc1ccc(Br)cc1NC(=O)C(N)CC(N)=O. The molecular formula is C11H14BrN3O3. The summed E-state index contributed by atoms with van der Waals surface area (Å²) in [6.45, 7) is 0. The monoisotopic (exact) mass is 315 g/mol. The second kappa shape index (κ2) is 6.36. The molecule has 0 fully saturated rings. The Morgan fingerprint density at radius 2 is 2.17 bits per heavy atom. The van der Waals surface area contributed by atoms with Crippen LogP contribution in [0.5, 0.6) is 5.75 Å². The number of hydrogen-bond donors (Lipinski definition) is 3. The molecule has 18 heavy (non-hydrogen) atoms. The van der Waals surface area contributed by atoms with Crippen LogP contribution in [0, 0.1) is 0 Å².